The minimum atomic E-state index is -3.47. The zero-order chi connectivity index (χ0) is 20.1. The van der Waals surface area contributed by atoms with Crippen molar-refractivity contribution in [3.63, 3.8) is 0 Å². The Hall–Kier alpha value is -1.67. The van der Waals surface area contributed by atoms with Crippen molar-refractivity contribution >= 4 is 26.9 Å². The van der Waals surface area contributed by atoms with Crippen molar-refractivity contribution < 1.29 is 13.2 Å². The Morgan fingerprint density at radius 3 is 2.18 bits per heavy atom. The van der Waals surface area contributed by atoms with E-state index in [1.54, 1.807) is 23.4 Å². The summed E-state index contributed by atoms with van der Waals surface area (Å²) in [5, 5.41) is 0.0986. The van der Waals surface area contributed by atoms with Crippen molar-refractivity contribution in [1.29, 1.82) is 0 Å². The Kier molecular flexibility index (Phi) is 6.93. The van der Waals surface area contributed by atoms with Crippen LogP contribution in [0, 0.1) is 6.92 Å². The maximum atomic E-state index is 12.9. The molecule has 5 nitrogen and oxygen atoms in total. The van der Waals surface area contributed by atoms with Crippen LogP contribution in [-0.2, 0) is 14.8 Å². The average molecular weight is 419 g/mol. The van der Waals surface area contributed by atoms with Crippen molar-refractivity contribution in [2.24, 2.45) is 0 Å². The molecule has 0 amide bonds. The highest BCUT2D eigenvalue weighted by atomic mass is 32.2. The van der Waals surface area contributed by atoms with Crippen LogP contribution in [0.4, 0.5) is 0 Å². The number of carbonyl (C=O) groups excluding carboxylic acids is 1. The first-order chi connectivity index (χ1) is 13.4. The van der Waals surface area contributed by atoms with Crippen molar-refractivity contribution in [2.75, 3.05) is 31.9 Å². The standard InChI is InChI=1S/C21H26N2O3S2/c1-17-8-10-20(11-9-17)28(25,26)23-14-12-22(13-15-23)21(16-27-18(2)24)19-6-4-3-5-7-19/h3-11,21H,12-16H2,1-2H3. The van der Waals surface area contributed by atoms with E-state index in [0.717, 1.165) is 11.1 Å². The second-order valence-electron chi connectivity index (χ2n) is 6.98. The fourth-order valence-electron chi connectivity index (χ4n) is 3.40. The second-order valence-corrected chi connectivity index (χ2v) is 10.1. The van der Waals surface area contributed by atoms with E-state index in [1.165, 1.54) is 11.8 Å². The summed E-state index contributed by atoms with van der Waals surface area (Å²) in [5.74, 6) is 0.671. The van der Waals surface area contributed by atoms with Gasteiger partial charge in [-0.05, 0) is 24.6 Å². The number of nitrogens with zero attached hydrogens (tertiary/aromatic N) is 2. The fraction of sp³-hybridized carbons (Fsp3) is 0.381. The number of thioether (sulfide) groups is 1. The number of benzene rings is 2. The first-order valence-electron chi connectivity index (χ1n) is 9.37. The molecule has 1 aliphatic rings. The largest absolute Gasteiger partial charge is 0.293 e. The summed E-state index contributed by atoms with van der Waals surface area (Å²) >= 11 is 1.32. The van der Waals surface area contributed by atoms with Crippen LogP contribution in [0.15, 0.2) is 59.5 Å². The summed E-state index contributed by atoms with van der Waals surface area (Å²) in [5.41, 5.74) is 2.20. The highest BCUT2D eigenvalue weighted by Crippen LogP contribution is 2.28. The lowest BCUT2D eigenvalue weighted by molar-refractivity contribution is -0.109. The maximum Gasteiger partial charge on any atom is 0.243 e. The van der Waals surface area contributed by atoms with E-state index in [-0.39, 0.29) is 11.2 Å². The number of sulfonamides is 1. The normalized spacial score (nSPS) is 17.4. The van der Waals surface area contributed by atoms with Gasteiger partial charge in [0.05, 0.1) is 4.90 Å². The van der Waals surface area contributed by atoms with Gasteiger partial charge in [-0.3, -0.25) is 9.69 Å². The van der Waals surface area contributed by atoms with Crippen LogP contribution in [0.3, 0.4) is 0 Å². The first-order valence-corrected chi connectivity index (χ1v) is 11.8. The van der Waals surface area contributed by atoms with Crippen molar-refractivity contribution in [3.05, 3.63) is 65.7 Å². The zero-order valence-corrected chi connectivity index (χ0v) is 17.9. The molecule has 1 unspecified atom stereocenters. The third-order valence-electron chi connectivity index (χ3n) is 5.00. The summed E-state index contributed by atoms with van der Waals surface area (Å²) in [6, 6.07) is 17.2. The lowest BCUT2D eigenvalue weighted by Crippen LogP contribution is -2.50. The predicted molar refractivity (Wildman–Crippen MR) is 114 cm³/mol. The fourth-order valence-corrected chi connectivity index (χ4v) is 5.62. The van der Waals surface area contributed by atoms with Crippen LogP contribution >= 0.6 is 11.8 Å². The summed E-state index contributed by atoms with van der Waals surface area (Å²) in [4.78, 5) is 14.1. The Bertz CT molecular complexity index is 891. The highest BCUT2D eigenvalue weighted by molar-refractivity contribution is 8.13. The minimum Gasteiger partial charge on any atom is -0.293 e. The summed E-state index contributed by atoms with van der Waals surface area (Å²) in [6.45, 7) is 5.71. The van der Waals surface area contributed by atoms with Crippen LogP contribution in [0.1, 0.15) is 24.1 Å². The number of rotatable bonds is 6. The van der Waals surface area contributed by atoms with Gasteiger partial charge in [0.2, 0.25) is 10.0 Å². The van der Waals surface area contributed by atoms with Gasteiger partial charge in [-0.15, -0.1) is 0 Å². The van der Waals surface area contributed by atoms with Gasteiger partial charge in [0, 0.05) is 44.9 Å². The lowest BCUT2D eigenvalue weighted by Gasteiger charge is -2.38. The molecule has 1 aliphatic heterocycles. The average Bonchev–Trinajstić information content (AvgIpc) is 2.69. The number of piperazine rings is 1. The van der Waals surface area contributed by atoms with Gasteiger partial charge in [-0.25, -0.2) is 8.42 Å². The number of hydrogen-bond donors (Lipinski definition) is 0. The molecule has 3 rings (SSSR count). The number of carbonyl (C=O) groups is 1. The third kappa shape index (κ3) is 5.03. The Morgan fingerprint density at radius 2 is 1.61 bits per heavy atom. The van der Waals surface area contributed by atoms with Gasteiger partial charge >= 0.3 is 0 Å². The second kappa shape index (κ2) is 9.22. The van der Waals surface area contributed by atoms with Gasteiger partial charge in [0.15, 0.2) is 5.12 Å². The molecule has 2 aromatic carbocycles. The molecule has 0 N–H and O–H groups in total. The molecule has 0 bridgehead atoms. The van der Waals surface area contributed by atoms with E-state index in [2.05, 4.69) is 17.0 Å². The molecular formula is C21H26N2O3S2. The van der Waals surface area contributed by atoms with Gasteiger partial charge in [-0.1, -0.05) is 59.8 Å². The molecular weight excluding hydrogens is 392 g/mol. The lowest BCUT2D eigenvalue weighted by atomic mass is 10.1. The van der Waals surface area contributed by atoms with E-state index >= 15 is 0 Å². The highest BCUT2D eigenvalue weighted by Gasteiger charge is 2.31. The first kappa shape index (κ1) is 21.0. The van der Waals surface area contributed by atoms with Gasteiger partial charge in [0.25, 0.3) is 0 Å². The molecule has 0 aliphatic carbocycles. The maximum absolute atomic E-state index is 12.9. The Balaban J connectivity index is 1.71. The van der Waals surface area contributed by atoms with Crippen LogP contribution < -0.4 is 0 Å². The minimum absolute atomic E-state index is 0.0966. The molecule has 1 atom stereocenters. The van der Waals surface area contributed by atoms with E-state index < -0.39 is 10.0 Å². The molecule has 0 radical (unpaired) electrons. The van der Waals surface area contributed by atoms with E-state index in [9.17, 15) is 13.2 Å². The van der Waals surface area contributed by atoms with Crippen LogP contribution in [0.25, 0.3) is 0 Å². The summed E-state index contributed by atoms with van der Waals surface area (Å²) < 4.78 is 27.4. The van der Waals surface area contributed by atoms with Crippen molar-refractivity contribution in [3.8, 4) is 0 Å². The van der Waals surface area contributed by atoms with Crippen LogP contribution in [0.2, 0.25) is 0 Å². The molecule has 150 valence electrons. The quantitative estimate of drug-likeness (QED) is 0.720. The van der Waals surface area contributed by atoms with Crippen molar-refractivity contribution in [1.82, 2.24) is 9.21 Å². The van der Waals surface area contributed by atoms with Gasteiger partial charge in [0.1, 0.15) is 0 Å². The summed E-state index contributed by atoms with van der Waals surface area (Å²) in [6.07, 6.45) is 0. The molecule has 0 spiro atoms. The molecule has 1 saturated heterocycles. The Morgan fingerprint density at radius 1 is 1.00 bits per heavy atom. The van der Waals surface area contributed by atoms with Crippen LogP contribution in [0.5, 0.6) is 0 Å². The molecule has 1 heterocycles. The number of hydrogen-bond acceptors (Lipinski definition) is 5. The topological polar surface area (TPSA) is 57.7 Å². The van der Waals surface area contributed by atoms with Gasteiger partial charge in [-0.2, -0.15) is 4.31 Å². The van der Waals surface area contributed by atoms with E-state index in [1.807, 2.05) is 37.3 Å². The molecule has 0 saturated carbocycles. The molecule has 28 heavy (non-hydrogen) atoms. The molecule has 0 aromatic heterocycles. The van der Waals surface area contributed by atoms with Crippen molar-refractivity contribution in [2.45, 2.75) is 24.8 Å². The molecule has 7 heteroatoms. The van der Waals surface area contributed by atoms with E-state index in [0.29, 0.717) is 36.8 Å². The SMILES string of the molecule is CC(=O)SCC(c1ccccc1)N1CCN(S(=O)(=O)c2ccc(C)cc2)CC1. The predicted octanol–water partition coefficient (Wildman–Crippen LogP) is 3.32. The number of aryl methyl sites for hydroxylation is 1. The van der Waals surface area contributed by atoms with Gasteiger partial charge < -0.3 is 0 Å². The Labute approximate surface area is 171 Å². The molecule has 2 aromatic rings. The monoisotopic (exact) mass is 418 g/mol. The zero-order valence-electron chi connectivity index (χ0n) is 16.2. The third-order valence-corrected chi connectivity index (χ3v) is 7.80. The summed E-state index contributed by atoms with van der Waals surface area (Å²) in [7, 11) is -3.47. The smallest absolute Gasteiger partial charge is 0.243 e. The molecule has 1 fully saturated rings. The van der Waals surface area contributed by atoms with E-state index in [4.69, 9.17) is 0 Å². The van der Waals surface area contributed by atoms with Crippen LogP contribution in [-0.4, -0.2) is 54.7 Å².